The van der Waals surface area contributed by atoms with Crippen LogP contribution in [0.3, 0.4) is 0 Å². The van der Waals surface area contributed by atoms with Crippen molar-refractivity contribution in [3.63, 3.8) is 0 Å². The molecule has 0 amide bonds. The molecule has 3 aliphatic carbocycles. The van der Waals surface area contributed by atoms with Gasteiger partial charge in [0, 0.05) is 34.7 Å². The third kappa shape index (κ3) is 4.19. The van der Waals surface area contributed by atoms with Gasteiger partial charge in [0.2, 0.25) is 0 Å². The largest absolute Gasteiger partial charge is 0.497 e. The number of allylic oxidation sites excluding steroid dienone is 1. The molecule has 5 aliphatic rings. The van der Waals surface area contributed by atoms with Gasteiger partial charge in [0.15, 0.2) is 6.29 Å². The van der Waals surface area contributed by atoms with Gasteiger partial charge in [0.05, 0.1) is 48.6 Å². The van der Waals surface area contributed by atoms with E-state index in [1.807, 2.05) is 56.3 Å². The van der Waals surface area contributed by atoms with Gasteiger partial charge in [-0.15, -0.1) is 0 Å². The van der Waals surface area contributed by atoms with E-state index in [0.717, 1.165) is 17.7 Å². The van der Waals surface area contributed by atoms with E-state index in [9.17, 15) is 9.90 Å². The summed E-state index contributed by atoms with van der Waals surface area (Å²) in [6.07, 6.45) is -0.344. The van der Waals surface area contributed by atoms with Crippen LogP contribution in [0.25, 0.3) is 0 Å². The minimum absolute atomic E-state index is 0.0617. The Bertz CT molecular complexity index is 1490. The number of ether oxygens (including phenoxy) is 5. The maximum absolute atomic E-state index is 14.1. The van der Waals surface area contributed by atoms with Crippen LogP contribution in [0, 0.1) is 34.0 Å². The summed E-state index contributed by atoms with van der Waals surface area (Å²) in [6, 6.07) is 17.1. The highest BCUT2D eigenvalue weighted by Gasteiger charge is 2.77. The number of fused-ring (bicyclic) bond motifs is 3. The van der Waals surface area contributed by atoms with Crippen LogP contribution in [0.1, 0.15) is 83.5 Å². The molecule has 2 heterocycles. The molecular weight excluding hydrogens is 568 g/mol. The van der Waals surface area contributed by atoms with Crippen molar-refractivity contribution in [3.05, 3.63) is 76.9 Å². The molecule has 0 bridgehead atoms. The molecule has 45 heavy (non-hydrogen) atoms. The minimum Gasteiger partial charge on any atom is -0.497 e. The first-order valence-corrected chi connectivity index (χ1v) is 16.5. The Morgan fingerprint density at radius 2 is 1.69 bits per heavy atom. The molecule has 7 nitrogen and oxygen atoms in total. The molecule has 1 unspecified atom stereocenters. The lowest BCUT2D eigenvalue weighted by Crippen LogP contribution is -2.74. The highest BCUT2D eigenvalue weighted by atomic mass is 16.7. The molecule has 1 N–H and O–H groups in total. The van der Waals surface area contributed by atoms with Crippen molar-refractivity contribution >= 4 is 5.97 Å². The number of carbonyl (C=O) groups is 1. The predicted molar refractivity (Wildman–Crippen MR) is 170 cm³/mol. The van der Waals surface area contributed by atoms with Crippen molar-refractivity contribution in [2.24, 2.45) is 34.0 Å². The van der Waals surface area contributed by atoms with Crippen molar-refractivity contribution in [3.8, 4) is 5.75 Å². The van der Waals surface area contributed by atoms with Gasteiger partial charge in [-0.3, -0.25) is 0 Å². The van der Waals surface area contributed by atoms with Gasteiger partial charge in [-0.05, 0) is 57.4 Å². The molecule has 2 aromatic carbocycles. The van der Waals surface area contributed by atoms with E-state index in [1.165, 1.54) is 11.1 Å². The normalized spacial score (nSPS) is 42.1. The average molecular weight is 617 g/mol. The molecule has 0 aromatic heterocycles. The molecule has 2 saturated heterocycles. The lowest BCUT2D eigenvalue weighted by atomic mass is 9.46. The van der Waals surface area contributed by atoms with E-state index < -0.39 is 28.8 Å². The molecular formula is C38H48O7. The molecule has 7 rings (SSSR count). The van der Waals surface area contributed by atoms with Gasteiger partial charge in [-0.2, -0.15) is 0 Å². The number of hydrogen-bond acceptors (Lipinski definition) is 7. The summed E-state index contributed by atoms with van der Waals surface area (Å²) in [5.74, 6) is 0.335. The van der Waals surface area contributed by atoms with Crippen LogP contribution >= 0.6 is 0 Å². The second-order valence-electron chi connectivity index (χ2n) is 15.4. The summed E-state index contributed by atoms with van der Waals surface area (Å²) in [5, 5.41) is 12.4. The fourth-order valence-electron chi connectivity index (χ4n) is 10.4. The van der Waals surface area contributed by atoms with Crippen LogP contribution in [-0.2, 0) is 18.9 Å². The van der Waals surface area contributed by atoms with E-state index in [-0.39, 0.29) is 47.4 Å². The maximum atomic E-state index is 14.1. The first-order chi connectivity index (χ1) is 21.3. The van der Waals surface area contributed by atoms with Crippen molar-refractivity contribution in [1.82, 2.24) is 0 Å². The molecule has 2 aromatic rings. The third-order valence-corrected chi connectivity index (χ3v) is 12.7. The van der Waals surface area contributed by atoms with Crippen molar-refractivity contribution in [2.75, 3.05) is 13.7 Å². The highest BCUT2D eigenvalue weighted by molar-refractivity contribution is 5.89. The lowest BCUT2D eigenvalue weighted by molar-refractivity contribution is -0.384. The zero-order valence-corrected chi connectivity index (χ0v) is 27.8. The van der Waals surface area contributed by atoms with E-state index in [1.54, 1.807) is 19.2 Å². The van der Waals surface area contributed by atoms with Gasteiger partial charge >= 0.3 is 5.97 Å². The summed E-state index contributed by atoms with van der Waals surface area (Å²) in [7, 11) is 1.66. The standard InChI is InChI=1S/C38H48O7/c1-21-19-38(35(4,5)40)29(22(21)2)23(3)31-37(7)28(43-34(45-31)25-14-16-26(41-8)17-15-25)18-27-36(6,20-42-27)30(37)32(38)44-33(39)24-12-10-9-11-13-24/h9-17,21,23,27-28,30-32,34,40H,18-20H2,1-8H3/t21-,23+,27+,28-,30+,31-,32-,34?,36+,37+,38-/m0/s1. The van der Waals surface area contributed by atoms with E-state index in [4.69, 9.17) is 23.7 Å². The molecule has 7 heteroatoms. The zero-order chi connectivity index (χ0) is 32.1. The first kappa shape index (κ1) is 30.9. The fourth-order valence-corrected chi connectivity index (χ4v) is 10.4. The van der Waals surface area contributed by atoms with Gasteiger partial charge in [-0.1, -0.05) is 69.2 Å². The smallest absolute Gasteiger partial charge is 0.338 e. The summed E-state index contributed by atoms with van der Waals surface area (Å²) >= 11 is 0. The van der Waals surface area contributed by atoms with Crippen LogP contribution in [-0.4, -0.2) is 54.8 Å². The highest BCUT2D eigenvalue weighted by Crippen LogP contribution is 2.72. The number of rotatable bonds is 5. The Morgan fingerprint density at radius 3 is 2.29 bits per heavy atom. The van der Waals surface area contributed by atoms with E-state index in [0.29, 0.717) is 18.6 Å². The number of hydrogen-bond donors (Lipinski definition) is 1. The van der Waals surface area contributed by atoms with E-state index in [2.05, 4.69) is 34.6 Å². The van der Waals surface area contributed by atoms with E-state index >= 15 is 0 Å². The quantitative estimate of drug-likeness (QED) is 0.289. The Kier molecular flexibility index (Phi) is 7.14. The summed E-state index contributed by atoms with van der Waals surface area (Å²) in [6.45, 7) is 15.6. The molecule has 2 aliphatic heterocycles. The minimum atomic E-state index is -1.20. The number of esters is 1. The molecule has 11 atom stereocenters. The molecule has 2 saturated carbocycles. The number of aliphatic hydroxyl groups is 1. The maximum Gasteiger partial charge on any atom is 0.338 e. The third-order valence-electron chi connectivity index (χ3n) is 12.7. The van der Waals surface area contributed by atoms with Crippen LogP contribution in [0.15, 0.2) is 65.7 Å². The second-order valence-corrected chi connectivity index (χ2v) is 15.4. The van der Waals surface area contributed by atoms with Crippen LogP contribution in [0.5, 0.6) is 5.75 Å². The van der Waals surface area contributed by atoms with Crippen LogP contribution in [0.2, 0.25) is 0 Å². The van der Waals surface area contributed by atoms with Crippen LogP contribution in [0.4, 0.5) is 0 Å². The molecule has 0 spiro atoms. The molecule has 242 valence electrons. The number of benzene rings is 2. The topological polar surface area (TPSA) is 83.5 Å². The monoisotopic (exact) mass is 616 g/mol. The van der Waals surface area contributed by atoms with Gasteiger partial charge in [0.25, 0.3) is 0 Å². The SMILES string of the molecule is COc1ccc(C2O[C@H]3C[C@H]4OC[C@@]4(C)[C@H]4[C@H](OC(=O)c5ccccc5)[C@]5(C(C)(C)O)C[C@H](C)C(C)=C5[C@@H](C)[C@H](O2)[C@]34C)cc1. The Balaban J connectivity index is 1.45. The lowest BCUT2D eigenvalue weighted by Gasteiger charge is -2.68. The Hall–Kier alpha value is -2.71. The fraction of sp³-hybridized carbons (Fsp3) is 0.605. The van der Waals surface area contributed by atoms with Gasteiger partial charge in [-0.25, -0.2) is 4.79 Å². The van der Waals surface area contributed by atoms with Gasteiger partial charge in [0.1, 0.15) is 11.9 Å². The second kappa shape index (κ2) is 10.4. The Morgan fingerprint density at radius 1 is 1.00 bits per heavy atom. The number of methoxy groups -OCH3 is 1. The predicted octanol–water partition coefficient (Wildman–Crippen LogP) is 6.90. The molecule has 0 radical (unpaired) electrons. The summed E-state index contributed by atoms with van der Waals surface area (Å²) < 4.78 is 32.7. The Labute approximate surface area is 267 Å². The average Bonchev–Trinajstić information content (AvgIpc) is 3.26. The van der Waals surface area contributed by atoms with Gasteiger partial charge < -0.3 is 28.8 Å². The zero-order valence-electron chi connectivity index (χ0n) is 27.8. The summed E-state index contributed by atoms with van der Waals surface area (Å²) in [5.41, 5.74) is 0.972. The molecule has 4 fully saturated rings. The van der Waals surface area contributed by atoms with Crippen molar-refractivity contribution < 1.29 is 33.6 Å². The van der Waals surface area contributed by atoms with Crippen molar-refractivity contribution in [2.45, 2.75) is 97.6 Å². The summed E-state index contributed by atoms with van der Waals surface area (Å²) in [4.78, 5) is 14.1. The van der Waals surface area contributed by atoms with Crippen LogP contribution < -0.4 is 4.74 Å². The number of carbonyl (C=O) groups excluding carboxylic acids is 1. The van der Waals surface area contributed by atoms with Crippen molar-refractivity contribution in [1.29, 1.82) is 0 Å². The first-order valence-electron chi connectivity index (χ1n) is 16.5.